The van der Waals surface area contributed by atoms with Crippen LogP contribution < -0.4 is 5.32 Å². The summed E-state index contributed by atoms with van der Waals surface area (Å²) in [6, 6.07) is 20.3. The quantitative estimate of drug-likeness (QED) is 0.580. The van der Waals surface area contributed by atoms with Crippen LogP contribution in [-0.4, -0.2) is 15.9 Å². The third kappa shape index (κ3) is 3.78. The van der Waals surface area contributed by atoms with Crippen LogP contribution in [0, 0.1) is 0 Å². The lowest BCUT2D eigenvalue weighted by atomic mass is 10.1. The number of fused-ring (bicyclic) bond motifs is 1. The molecule has 0 saturated carbocycles. The first-order valence-corrected chi connectivity index (χ1v) is 9.20. The number of aromatic nitrogens is 2. The summed E-state index contributed by atoms with van der Waals surface area (Å²) in [5.74, 6) is -0.0239. The van der Waals surface area contributed by atoms with Gasteiger partial charge in [0.15, 0.2) is 0 Å². The molecule has 0 saturated heterocycles. The molecule has 0 aliphatic rings. The van der Waals surface area contributed by atoms with Crippen LogP contribution in [0.15, 0.2) is 73.1 Å². The summed E-state index contributed by atoms with van der Waals surface area (Å²) in [5.41, 5.74) is 4.31. The van der Waals surface area contributed by atoms with Gasteiger partial charge in [-0.15, -0.1) is 11.3 Å². The fraction of sp³-hybridized carbons (Fsp3) is 0.0952. The van der Waals surface area contributed by atoms with E-state index in [2.05, 4.69) is 39.6 Å². The predicted molar refractivity (Wildman–Crippen MR) is 105 cm³/mol. The van der Waals surface area contributed by atoms with Crippen LogP contribution in [0.25, 0.3) is 21.3 Å². The van der Waals surface area contributed by atoms with Gasteiger partial charge in [-0.1, -0.05) is 36.4 Å². The van der Waals surface area contributed by atoms with E-state index < -0.39 is 0 Å². The lowest BCUT2D eigenvalue weighted by Gasteiger charge is -2.03. The van der Waals surface area contributed by atoms with Crippen molar-refractivity contribution in [2.75, 3.05) is 0 Å². The molecule has 4 rings (SSSR count). The number of nitrogens with one attached hydrogen (secondary N) is 1. The minimum Gasteiger partial charge on any atom is -0.352 e. The summed E-state index contributed by atoms with van der Waals surface area (Å²) >= 11 is 1.57. The van der Waals surface area contributed by atoms with Gasteiger partial charge in [0.25, 0.3) is 0 Å². The van der Waals surface area contributed by atoms with E-state index in [-0.39, 0.29) is 5.91 Å². The molecule has 0 fully saturated rings. The second kappa shape index (κ2) is 7.45. The van der Waals surface area contributed by atoms with E-state index in [0.29, 0.717) is 13.0 Å². The Balaban J connectivity index is 1.46. The molecule has 2 heterocycles. The molecule has 0 atom stereocenters. The van der Waals surface area contributed by atoms with Crippen molar-refractivity contribution in [2.45, 2.75) is 13.0 Å². The van der Waals surface area contributed by atoms with Gasteiger partial charge in [0.1, 0.15) is 5.01 Å². The Bertz CT molecular complexity index is 1030. The Hall–Kier alpha value is -3.05. The standard InChI is InChI=1S/C21H17N3OS/c25-20(23-14-15-8-10-22-11-9-15)13-21-24-18-7-6-17(12-19(18)26-21)16-4-2-1-3-5-16/h1-12H,13-14H2,(H,23,25). The molecule has 5 heteroatoms. The van der Waals surface area contributed by atoms with E-state index in [1.165, 1.54) is 5.56 Å². The van der Waals surface area contributed by atoms with Crippen molar-refractivity contribution in [3.05, 3.63) is 83.6 Å². The first kappa shape index (κ1) is 16.4. The highest BCUT2D eigenvalue weighted by Gasteiger charge is 2.10. The summed E-state index contributed by atoms with van der Waals surface area (Å²) in [4.78, 5) is 20.8. The van der Waals surface area contributed by atoms with Gasteiger partial charge in [-0.25, -0.2) is 4.98 Å². The van der Waals surface area contributed by atoms with Gasteiger partial charge in [-0.3, -0.25) is 9.78 Å². The van der Waals surface area contributed by atoms with Crippen LogP contribution in [0.3, 0.4) is 0 Å². The summed E-state index contributed by atoms with van der Waals surface area (Å²) in [5, 5.41) is 3.76. The zero-order valence-electron chi connectivity index (χ0n) is 14.1. The molecule has 1 amide bonds. The molecule has 26 heavy (non-hydrogen) atoms. The van der Waals surface area contributed by atoms with Gasteiger partial charge in [-0.2, -0.15) is 0 Å². The largest absolute Gasteiger partial charge is 0.352 e. The average Bonchev–Trinajstić information content (AvgIpc) is 3.09. The van der Waals surface area contributed by atoms with Crippen molar-refractivity contribution in [3.63, 3.8) is 0 Å². The van der Waals surface area contributed by atoms with Crippen LogP contribution in [0.5, 0.6) is 0 Å². The highest BCUT2D eigenvalue weighted by atomic mass is 32.1. The van der Waals surface area contributed by atoms with Crippen molar-refractivity contribution < 1.29 is 4.79 Å². The molecule has 128 valence electrons. The molecular weight excluding hydrogens is 342 g/mol. The monoisotopic (exact) mass is 359 g/mol. The number of nitrogens with zero attached hydrogens (tertiary/aromatic N) is 2. The molecule has 0 aliphatic heterocycles. The second-order valence-corrected chi connectivity index (χ2v) is 7.08. The second-order valence-electron chi connectivity index (χ2n) is 5.97. The highest BCUT2D eigenvalue weighted by molar-refractivity contribution is 7.18. The van der Waals surface area contributed by atoms with Gasteiger partial charge in [0.2, 0.25) is 5.91 Å². The Morgan fingerprint density at radius 2 is 1.77 bits per heavy atom. The third-order valence-electron chi connectivity index (χ3n) is 4.09. The summed E-state index contributed by atoms with van der Waals surface area (Å²) < 4.78 is 1.10. The molecule has 2 aromatic heterocycles. The molecular formula is C21H17N3OS. The van der Waals surface area contributed by atoms with E-state index in [1.54, 1.807) is 23.7 Å². The summed E-state index contributed by atoms with van der Waals surface area (Å²) in [7, 11) is 0. The van der Waals surface area contributed by atoms with Crippen LogP contribution in [0.2, 0.25) is 0 Å². The molecule has 0 aliphatic carbocycles. The summed E-state index contributed by atoms with van der Waals surface area (Å²) in [6.45, 7) is 0.504. The molecule has 2 aromatic carbocycles. The van der Waals surface area contributed by atoms with Crippen LogP contribution >= 0.6 is 11.3 Å². The van der Waals surface area contributed by atoms with E-state index in [1.807, 2.05) is 36.4 Å². The number of thiazole rings is 1. The zero-order valence-corrected chi connectivity index (χ0v) is 14.9. The number of hydrogen-bond acceptors (Lipinski definition) is 4. The third-order valence-corrected chi connectivity index (χ3v) is 5.11. The zero-order chi connectivity index (χ0) is 17.8. The number of amides is 1. The van der Waals surface area contributed by atoms with Crippen molar-refractivity contribution in [1.82, 2.24) is 15.3 Å². The average molecular weight is 359 g/mol. The number of rotatable bonds is 5. The van der Waals surface area contributed by atoms with Crippen LogP contribution in [0.4, 0.5) is 0 Å². The maximum absolute atomic E-state index is 12.2. The first-order chi connectivity index (χ1) is 12.8. The molecule has 0 radical (unpaired) electrons. The van der Waals surface area contributed by atoms with Gasteiger partial charge < -0.3 is 5.32 Å². The van der Waals surface area contributed by atoms with Crippen LogP contribution in [-0.2, 0) is 17.8 Å². The van der Waals surface area contributed by atoms with Crippen molar-refractivity contribution in [1.29, 1.82) is 0 Å². The number of hydrogen-bond donors (Lipinski definition) is 1. The van der Waals surface area contributed by atoms with Gasteiger partial charge in [-0.05, 0) is 41.0 Å². The summed E-state index contributed by atoms with van der Waals surface area (Å²) in [6.07, 6.45) is 3.74. The normalized spacial score (nSPS) is 10.8. The van der Waals surface area contributed by atoms with Gasteiger partial charge in [0, 0.05) is 18.9 Å². The van der Waals surface area contributed by atoms with E-state index in [0.717, 1.165) is 26.4 Å². The number of pyridine rings is 1. The Labute approximate surface area is 155 Å². The topological polar surface area (TPSA) is 54.9 Å². The van der Waals surface area contributed by atoms with Gasteiger partial charge in [0.05, 0.1) is 16.6 Å². The maximum Gasteiger partial charge on any atom is 0.227 e. The maximum atomic E-state index is 12.2. The van der Waals surface area contributed by atoms with Crippen molar-refractivity contribution in [3.8, 4) is 11.1 Å². The molecule has 0 spiro atoms. The highest BCUT2D eigenvalue weighted by Crippen LogP contribution is 2.28. The van der Waals surface area contributed by atoms with E-state index in [4.69, 9.17) is 0 Å². The van der Waals surface area contributed by atoms with Gasteiger partial charge >= 0.3 is 0 Å². The lowest BCUT2D eigenvalue weighted by molar-refractivity contribution is -0.120. The number of carbonyl (C=O) groups excluding carboxylic acids is 1. The smallest absolute Gasteiger partial charge is 0.227 e. The fourth-order valence-electron chi connectivity index (χ4n) is 2.76. The minimum atomic E-state index is -0.0239. The fourth-order valence-corrected chi connectivity index (χ4v) is 3.76. The van der Waals surface area contributed by atoms with Crippen molar-refractivity contribution >= 4 is 27.5 Å². The number of carbonyl (C=O) groups is 1. The van der Waals surface area contributed by atoms with E-state index in [9.17, 15) is 4.79 Å². The first-order valence-electron chi connectivity index (χ1n) is 8.38. The number of benzene rings is 2. The molecule has 4 aromatic rings. The predicted octanol–water partition coefficient (Wildman–Crippen LogP) is 4.22. The molecule has 4 nitrogen and oxygen atoms in total. The lowest BCUT2D eigenvalue weighted by Crippen LogP contribution is -2.24. The Morgan fingerprint density at radius 3 is 2.58 bits per heavy atom. The van der Waals surface area contributed by atoms with Crippen molar-refractivity contribution in [2.24, 2.45) is 0 Å². The molecule has 0 unspecified atom stereocenters. The SMILES string of the molecule is O=C(Cc1nc2ccc(-c3ccccc3)cc2s1)NCc1ccncc1. The Morgan fingerprint density at radius 1 is 0.962 bits per heavy atom. The molecule has 0 bridgehead atoms. The van der Waals surface area contributed by atoms with E-state index >= 15 is 0 Å². The minimum absolute atomic E-state index is 0.0239. The van der Waals surface area contributed by atoms with Crippen LogP contribution in [0.1, 0.15) is 10.6 Å². The Kier molecular flexibility index (Phi) is 4.71. The molecule has 1 N–H and O–H groups in total.